The summed E-state index contributed by atoms with van der Waals surface area (Å²) >= 11 is 0. The molecule has 0 radical (unpaired) electrons. The Morgan fingerprint density at radius 1 is 1.16 bits per heavy atom. The molecule has 0 aliphatic heterocycles. The summed E-state index contributed by atoms with van der Waals surface area (Å²) in [6, 6.07) is 9.53. The number of ether oxygens (including phenoxy) is 1. The molecule has 19 heavy (non-hydrogen) atoms. The van der Waals surface area contributed by atoms with Gasteiger partial charge in [0.05, 0.1) is 12.2 Å². The first kappa shape index (κ1) is 15.5. The Labute approximate surface area is 116 Å². The Morgan fingerprint density at radius 3 is 2.63 bits per heavy atom. The highest BCUT2D eigenvalue weighted by molar-refractivity contribution is 5.42. The van der Waals surface area contributed by atoms with E-state index in [4.69, 9.17) is 10.00 Å². The second kappa shape index (κ2) is 9.41. The van der Waals surface area contributed by atoms with Crippen LogP contribution >= 0.6 is 0 Å². The Bertz CT molecular complexity index is 398. The molecule has 3 heteroatoms. The lowest BCUT2D eigenvalue weighted by molar-refractivity contribution is 0.259. The molecule has 0 aromatic heterocycles. The van der Waals surface area contributed by atoms with E-state index in [2.05, 4.69) is 24.9 Å². The van der Waals surface area contributed by atoms with Crippen LogP contribution in [0.25, 0.3) is 0 Å². The van der Waals surface area contributed by atoms with Crippen LogP contribution in [-0.2, 0) is 0 Å². The number of nitrogens with zero attached hydrogens (tertiary/aromatic N) is 2. The number of hydrogen-bond donors (Lipinski definition) is 0. The van der Waals surface area contributed by atoms with Crippen LogP contribution in [0.3, 0.4) is 0 Å². The SMILES string of the molecule is CCCCCN(C)CCCOc1ccccc1C#N. The van der Waals surface area contributed by atoms with Crippen molar-refractivity contribution in [2.75, 3.05) is 26.7 Å². The zero-order valence-electron chi connectivity index (χ0n) is 12.1. The molecule has 1 aromatic rings. The van der Waals surface area contributed by atoms with Gasteiger partial charge in [-0.25, -0.2) is 0 Å². The van der Waals surface area contributed by atoms with E-state index >= 15 is 0 Å². The third kappa shape index (κ3) is 6.26. The molecule has 0 unspecified atom stereocenters. The Morgan fingerprint density at radius 2 is 1.89 bits per heavy atom. The van der Waals surface area contributed by atoms with Crippen molar-refractivity contribution in [3.63, 3.8) is 0 Å². The highest BCUT2D eigenvalue weighted by Crippen LogP contribution is 2.16. The van der Waals surface area contributed by atoms with Gasteiger partial charge in [-0.1, -0.05) is 31.9 Å². The molecule has 0 saturated carbocycles. The van der Waals surface area contributed by atoms with Gasteiger partial charge in [-0.2, -0.15) is 5.26 Å². The summed E-state index contributed by atoms with van der Waals surface area (Å²) in [6.45, 7) is 5.08. The van der Waals surface area contributed by atoms with Gasteiger partial charge in [0.25, 0.3) is 0 Å². The van der Waals surface area contributed by atoms with Gasteiger partial charge in [0.2, 0.25) is 0 Å². The van der Waals surface area contributed by atoms with Crippen molar-refractivity contribution in [3.05, 3.63) is 29.8 Å². The van der Waals surface area contributed by atoms with E-state index in [1.54, 1.807) is 6.07 Å². The maximum absolute atomic E-state index is 8.95. The van der Waals surface area contributed by atoms with Crippen molar-refractivity contribution >= 4 is 0 Å². The Kier molecular flexibility index (Phi) is 7.69. The fraction of sp³-hybridized carbons (Fsp3) is 0.562. The summed E-state index contributed by atoms with van der Waals surface area (Å²) in [7, 11) is 2.15. The lowest BCUT2D eigenvalue weighted by atomic mass is 10.2. The molecule has 0 spiro atoms. The van der Waals surface area contributed by atoms with Crippen molar-refractivity contribution in [2.45, 2.75) is 32.6 Å². The van der Waals surface area contributed by atoms with E-state index in [9.17, 15) is 0 Å². The Balaban J connectivity index is 2.18. The lowest BCUT2D eigenvalue weighted by Gasteiger charge is -2.16. The largest absolute Gasteiger partial charge is 0.492 e. The quantitative estimate of drug-likeness (QED) is 0.638. The summed E-state index contributed by atoms with van der Waals surface area (Å²) in [5.74, 6) is 0.693. The summed E-state index contributed by atoms with van der Waals surface area (Å²) in [5, 5.41) is 8.95. The summed E-state index contributed by atoms with van der Waals surface area (Å²) in [6.07, 6.45) is 4.83. The van der Waals surface area contributed by atoms with Crippen LogP contribution in [0.1, 0.15) is 38.2 Å². The van der Waals surface area contributed by atoms with Crippen LogP contribution < -0.4 is 4.74 Å². The second-order valence-electron chi connectivity index (χ2n) is 4.82. The molecule has 1 rings (SSSR count). The first-order valence-electron chi connectivity index (χ1n) is 7.08. The van der Waals surface area contributed by atoms with Crippen molar-refractivity contribution in [1.29, 1.82) is 5.26 Å². The smallest absolute Gasteiger partial charge is 0.137 e. The van der Waals surface area contributed by atoms with Crippen LogP contribution in [0.2, 0.25) is 0 Å². The van der Waals surface area contributed by atoms with E-state index in [0.717, 1.165) is 19.5 Å². The fourth-order valence-electron chi connectivity index (χ4n) is 1.94. The number of rotatable bonds is 9. The zero-order chi connectivity index (χ0) is 13.9. The van der Waals surface area contributed by atoms with Gasteiger partial charge in [-0.3, -0.25) is 0 Å². The molecule has 0 N–H and O–H groups in total. The summed E-state index contributed by atoms with van der Waals surface area (Å²) in [5.41, 5.74) is 0.610. The summed E-state index contributed by atoms with van der Waals surface area (Å²) < 4.78 is 5.65. The van der Waals surface area contributed by atoms with Gasteiger partial charge in [0, 0.05) is 6.54 Å². The highest BCUT2D eigenvalue weighted by atomic mass is 16.5. The minimum absolute atomic E-state index is 0.610. The number of para-hydroxylation sites is 1. The number of unbranched alkanes of at least 4 members (excludes halogenated alkanes) is 2. The van der Waals surface area contributed by atoms with Gasteiger partial charge >= 0.3 is 0 Å². The van der Waals surface area contributed by atoms with E-state index < -0.39 is 0 Å². The standard InChI is InChI=1S/C16H24N2O/c1-3-4-7-11-18(2)12-8-13-19-16-10-6-5-9-15(16)14-17/h5-6,9-10H,3-4,7-8,11-13H2,1-2H3. The van der Waals surface area contributed by atoms with E-state index in [1.807, 2.05) is 18.2 Å². The number of nitriles is 1. The van der Waals surface area contributed by atoms with Crippen molar-refractivity contribution in [2.24, 2.45) is 0 Å². The van der Waals surface area contributed by atoms with Gasteiger partial charge in [-0.15, -0.1) is 0 Å². The number of hydrogen-bond acceptors (Lipinski definition) is 3. The van der Waals surface area contributed by atoms with Crippen LogP contribution in [0, 0.1) is 11.3 Å². The van der Waals surface area contributed by atoms with E-state index in [0.29, 0.717) is 17.9 Å². The third-order valence-corrected chi connectivity index (χ3v) is 3.09. The van der Waals surface area contributed by atoms with Crippen LogP contribution in [0.15, 0.2) is 24.3 Å². The monoisotopic (exact) mass is 260 g/mol. The minimum atomic E-state index is 0.610. The molecule has 3 nitrogen and oxygen atoms in total. The molecule has 104 valence electrons. The van der Waals surface area contributed by atoms with E-state index in [-0.39, 0.29) is 0 Å². The van der Waals surface area contributed by atoms with Gasteiger partial charge in [-0.05, 0) is 38.6 Å². The van der Waals surface area contributed by atoms with Crippen molar-refractivity contribution in [1.82, 2.24) is 4.90 Å². The maximum Gasteiger partial charge on any atom is 0.137 e. The zero-order valence-corrected chi connectivity index (χ0v) is 12.1. The first-order chi connectivity index (χ1) is 9.27. The average Bonchev–Trinajstić information content (AvgIpc) is 2.44. The average molecular weight is 260 g/mol. The molecule has 0 fully saturated rings. The molecule has 0 amide bonds. The van der Waals surface area contributed by atoms with Crippen LogP contribution in [0.5, 0.6) is 5.75 Å². The lowest BCUT2D eigenvalue weighted by Crippen LogP contribution is -2.22. The molecule has 0 aliphatic rings. The van der Waals surface area contributed by atoms with Gasteiger partial charge in [0.1, 0.15) is 11.8 Å². The second-order valence-corrected chi connectivity index (χ2v) is 4.82. The Hall–Kier alpha value is -1.53. The van der Waals surface area contributed by atoms with Crippen LogP contribution in [-0.4, -0.2) is 31.6 Å². The predicted octanol–water partition coefficient (Wildman–Crippen LogP) is 3.45. The van der Waals surface area contributed by atoms with Crippen LogP contribution in [0.4, 0.5) is 0 Å². The molecular weight excluding hydrogens is 236 g/mol. The van der Waals surface area contributed by atoms with Gasteiger partial charge < -0.3 is 9.64 Å². The van der Waals surface area contributed by atoms with E-state index in [1.165, 1.54) is 19.3 Å². The first-order valence-corrected chi connectivity index (χ1v) is 7.08. The third-order valence-electron chi connectivity index (χ3n) is 3.09. The van der Waals surface area contributed by atoms with Crippen molar-refractivity contribution < 1.29 is 4.74 Å². The molecule has 0 heterocycles. The fourth-order valence-corrected chi connectivity index (χ4v) is 1.94. The maximum atomic E-state index is 8.95. The van der Waals surface area contributed by atoms with Crippen molar-refractivity contribution in [3.8, 4) is 11.8 Å². The minimum Gasteiger partial charge on any atom is -0.492 e. The molecular formula is C16H24N2O. The molecule has 0 atom stereocenters. The molecule has 0 bridgehead atoms. The van der Waals surface area contributed by atoms with Gasteiger partial charge in [0.15, 0.2) is 0 Å². The molecule has 1 aromatic carbocycles. The predicted molar refractivity (Wildman–Crippen MR) is 78.3 cm³/mol. The molecule has 0 saturated heterocycles. The number of benzene rings is 1. The normalized spacial score (nSPS) is 10.4. The highest BCUT2D eigenvalue weighted by Gasteiger charge is 2.02. The summed E-state index contributed by atoms with van der Waals surface area (Å²) in [4.78, 5) is 2.34. The topological polar surface area (TPSA) is 36.3 Å². The molecule has 0 aliphatic carbocycles.